The molecule has 1 nitrogen and oxygen atoms in total. The van der Waals surface area contributed by atoms with E-state index >= 15 is 0 Å². The first kappa shape index (κ1) is 11.2. The van der Waals surface area contributed by atoms with E-state index in [1.54, 1.807) is 7.11 Å². The Balaban J connectivity index is 2.37. The van der Waals surface area contributed by atoms with E-state index in [9.17, 15) is 0 Å². The summed E-state index contributed by atoms with van der Waals surface area (Å²) in [7, 11) is 6.78. The Morgan fingerprint density at radius 2 is 1.56 bits per heavy atom. The second-order valence-electron chi connectivity index (χ2n) is 3.48. The van der Waals surface area contributed by atoms with Crippen LogP contribution in [-0.2, 0) is 0 Å². The highest BCUT2D eigenvalue weighted by Crippen LogP contribution is 2.31. The van der Waals surface area contributed by atoms with E-state index < -0.39 is 7.80 Å². The molecule has 0 saturated carbocycles. The van der Waals surface area contributed by atoms with Crippen LogP contribution >= 0.6 is 7.80 Å². The molecule has 0 saturated heterocycles. The first-order valence-corrected chi connectivity index (χ1v) is 6.72. The van der Waals surface area contributed by atoms with E-state index in [4.69, 9.17) is 12.3 Å². The molecule has 0 bridgehead atoms. The average Bonchev–Trinajstić information content (AvgIpc) is 2.39. The van der Waals surface area contributed by atoms with Crippen molar-refractivity contribution in [2.75, 3.05) is 7.11 Å². The largest absolute Gasteiger partial charge is 0.493 e. The number of para-hydroxylation sites is 1. The van der Waals surface area contributed by atoms with Crippen molar-refractivity contribution in [3.05, 3.63) is 54.6 Å². The molecule has 3 heteroatoms. The molecule has 2 aromatic carbocycles. The molecule has 0 aromatic heterocycles. The Morgan fingerprint density at radius 1 is 0.938 bits per heavy atom. The predicted octanol–water partition coefficient (Wildman–Crippen LogP) is 1.94. The van der Waals surface area contributed by atoms with Crippen LogP contribution in [0.3, 0.4) is 0 Å². The van der Waals surface area contributed by atoms with Crippen molar-refractivity contribution < 1.29 is 4.74 Å². The van der Waals surface area contributed by atoms with Gasteiger partial charge in [-0.2, -0.15) is 7.80 Å². The zero-order valence-corrected chi connectivity index (χ0v) is 10.2. The smallest absolute Gasteiger partial charge is 0.156 e. The minimum atomic E-state index is -1.21. The van der Waals surface area contributed by atoms with Crippen LogP contribution in [0.15, 0.2) is 54.6 Å². The molecule has 2 rings (SSSR count). The third kappa shape index (κ3) is 2.28. The summed E-state index contributed by atoms with van der Waals surface area (Å²) in [5.74, 6) is 0.878. The summed E-state index contributed by atoms with van der Waals surface area (Å²) >= 11 is 0. The number of rotatable bonds is 3. The van der Waals surface area contributed by atoms with Gasteiger partial charge in [0.25, 0.3) is 0 Å². The van der Waals surface area contributed by atoms with Gasteiger partial charge in [-0.25, -0.2) is 0 Å². The van der Waals surface area contributed by atoms with Gasteiger partial charge in [0.15, 0.2) is 5.75 Å². The van der Waals surface area contributed by atoms with Crippen molar-refractivity contribution in [1.29, 1.82) is 0 Å². The Bertz CT molecular complexity index is 458. The van der Waals surface area contributed by atoms with Gasteiger partial charge in [0.2, 0.25) is 0 Å². The van der Waals surface area contributed by atoms with Crippen molar-refractivity contribution in [2.45, 2.75) is 0 Å². The second kappa shape index (κ2) is 5.18. The van der Waals surface area contributed by atoms with Crippen molar-refractivity contribution in [1.82, 2.24) is 0 Å². The second-order valence-corrected chi connectivity index (χ2v) is 5.42. The van der Waals surface area contributed by atoms with E-state index in [-0.39, 0.29) is 0 Å². The molecule has 0 fully saturated rings. The normalized spacial score (nSPS) is 12.1. The van der Waals surface area contributed by atoms with Gasteiger partial charge >= 0.3 is 0 Å². The summed E-state index contributed by atoms with van der Waals surface area (Å²) in [4.78, 5) is 0. The Labute approximate surface area is 98.6 Å². The molecule has 0 heterocycles. The van der Waals surface area contributed by atoms with E-state index in [0.717, 1.165) is 11.1 Å². The lowest BCUT2D eigenvalue weighted by Gasteiger charge is -2.18. The fraction of sp³-hybridized carbons (Fsp3) is 0.0769. The van der Waals surface area contributed by atoms with Crippen molar-refractivity contribution in [3.63, 3.8) is 0 Å². The lowest BCUT2D eigenvalue weighted by Crippen LogP contribution is -2.13. The van der Waals surface area contributed by atoms with Crippen molar-refractivity contribution in [3.8, 4) is 5.75 Å². The maximum Gasteiger partial charge on any atom is 0.156 e. The Hall–Kier alpha value is -1.27. The quantitative estimate of drug-likeness (QED) is 0.575. The molecule has 1 atom stereocenters. The summed E-state index contributed by atoms with van der Waals surface area (Å²) in [6, 6.07) is 18.1. The number of methoxy groups -OCH3 is 1. The molecule has 0 spiro atoms. The van der Waals surface area contributed by atoms with Gasteiger partial charge in [-0.3, -0.25) is 7.57 Å². The van der Waals surface area contributed by atoms with Crippen LogP contribution in [0, 0.1) is 0 Å². The highest BCUT2D eigenvalue weighted by Gasteiger charge is 2.10. The monoisotopic (exact) mass is 227 g/mol. The minimum Gasteiger partial charge on any atom is -0.493 e. The van der Waals surface area contributed by atoms with Crippen LogP contribution in [0.2, 0.25) is 0 Å². The molecular formula is C13H13BOP. The van der Waals surface area contributed by atoms with E-state index in [1.807, 2.05) is 42.5 Å². The zero-order valence-electron chi connectivity index (χ0n) is 9.18. The van der Waals surface area contributed by atoms with Gasteiger partial charge in [0.1, 0.15) is 0 Å². The third-order valence-electron chi connectivity index (χ3n) is 2.48. The molecule has 79 valence electrons. The summed E-state index contributed by atoms with van der Waals surface area (Å²) in [5, 5.41) is 2.30. The van der Waals surface area contributed by atoms with Crippen LogP contribution in [-0.4, -0.2) is 14.7 Å². The fourth-order valence-corrected chi connectivity index (χ4v) is 3.23. The molecule has 0 aliphatic carbocycles. The van der Waals surface area contributed by atoms with E-state index in [1.165, 1.54) is 5.30 Å². The van der Waals surface area contributed by atoms with Gasteiger partial charge in [-0.15, -0.1) is 0 Å². The average molecular weight is 227 g/mol. The zero-order chi connectivity index (χ0) is 11.4. The van der Waals surface area contributed by atoms with Gasteiger partial charge in [-0.05, 0) is 24.3 Å². The molecule has 0 N–H and O–H groups in total. The molecule has 3 radical (unpaired) electrons. The maximum absolute atomic E-state index is 6.31. The lowest BCUT2D eigenvalue weighted by molar-refractivity contribution is 0.418. The molecule has 1 unspecified atom stereocenters. The summed E-state index contributed by atoms with van der Waals surface area (Å²) in [5.41, 5.74) is 0. The molecule has 0 amide bonds. The van der Waals surface area contributed by atoms with Gasteiger partial charge in [-0.1, -0.05) is 30.3 Å². The minimum absolute atomic E-state index is 0.878. The Morgan fingerprint density at radius 3 is 2.25 bits per heavy atom. The van der Waals surface area contributed by atoms with Gasteiger partial charge in [0, 0.05) is 5.30 Å². The van der Waals surface area contributed by atoms with Crippen LogP contribution in [0.4, 0.5) is 0 Å². The van der Waals surface area contributed by atoms with E-state index in [0.29, 0.717) is 0 Å². The maximum atomic E-state index is 6.31. The van der Waals surface area contributed by atoms with Crippen molar-refractivity contribution >= 4 is 26.0 Å². The summed E-state index contributed by atoms with van der Waals surface area (Å²) in [6.07, 6.45) is 0. The number of benzene rings is 2. The number of ether oxygens (including phenoxy) is 1. The molecule has 0 aliphatic heterocycles. The van der Waals surface area contributed by atoms with Gasteiger partial charge < -0.3 is 4.74 Å². The standard InChI is InChI=1S/C13H13BOP/c1-15-12-9-5-6-10-13(12)16(14)11-7-3-2-4-8-11/h2-10,16H,1H3. The number of hydrogen-bond donors (Lipinski definition) is 0. The van der Waals surface area contributed by atoms with Crippen LogP contribution in [0.5, 0.6) is 5.75 Å². The first-order chi connectivity index (χ1) is 7.83. The highest BCUT2D eigenvalue weighted by molar-refractivity contribution is 7.94. The topological polar surface area (TPSA) is 9.23 Å². The third-order valence-corrected chi connectivity index (χ3v) is 4.43. The predicted molar refractivity (Wildman–Crippen MR) is 72.8 cm³/mol. The molecule has 16 heavy (non-hydrogen) atoms. The first-order valence-electron chi connectivity index (χ1n) is 5.14. The molecular weight excluding hydrogens is 214 g/mol. The van der Waals surface area contributed by atoms with Crippen molar-refractivity contribution in [2.24, 2.45) is 0 Å². The van der Waals surface area contributed by atoms with Crippen LogP contribution in [0.1, 0.15) is 0 Å². The fourth-order valence-electron chi connectivity index (χ4n) is 1.64. The highest BCUT2D eigenvalue weighted by atomic mass is 31.1. The van der Waals surface area contributed by atoms with E-state index in [2.05, 4.69) is 12.1 Å². The summed E-state index contributed by atoms with van der Waals surface area (Å²) < 4.78 is 5.33. The van der Waals surface area contributed by atoms with Crippen LogP contribution < -0.4 is 15.3 Å². The summed E-state index contributed by atoms with van der Waals surface area (Å²) in [6.45, 7) is 0. The van der Waals surface area contributed by atoms with Crippen LogP contribution in [0.25, 0.3) is 0 Å². The number of hydrogen-bond acceptors (Lipinski definition) is 1. The molecule has 2 aromatic rings. The van der Waals surface area contributed by atoms with Gasteiger partial charge in [0.05, 0.1) is 12.4 Å². The SMILES string of the molecule is [B-][PH+](c1ccccc1)c1ccccc1OC. The lowest BCUT2D eigenvalue weighted by atomic mass is 10.3. The Kier molecular flexibility index (Phi) is 3.64. The molecule has 0 aliphatic rings.